The van der Waals surface area contributed by atoms with Crippen molar-refractivity contribution in [1.82, 2.24) is 4.98 Å². The first-order chi connectivity index (χ1) is 10.3. The minimum Gasteiger partial charge on any atom is -0.508 e. The van der Waals surface area contributed by atoms with Crippen LogP contribution in [-0.2, 0) is 0 Å². The summed E-state index contributed by atoms with van der Waals surface area (Å²) < 4.78 is 1.29. The molecule has 0 atom stereocenters. The summed E-state index contributed by atoms with van der Waals surface area (Å²) >= 11 is 3.42. The van der Waals surface area contributed by atoms with Gasteiger partial charge in [0.15, 0.2) is 0 Å². The van der Waals surface area contributed by atoms with Crippen molar-refractivity contribution in [1.29, 1.82) is 0 Å². The summed E-state index contributed by atoms with van der Waals surface area (Å²) in [5, 5.41) is 13.7. The molecule has 0 unspecified atom stereocenters. The maximum absolute atomic E-state index is 9.35. The number of nitrogens with zero attached hydrogens (tertiary/aromatic N) is 1. The number of thiophene rings is 1. The standard InChI is InChI=1S/C17H11NOS2/c19-13-7-5-11(6-8-13)14-10-20-17(18-14)16-9-12-3-1-2-4-15(12)21-16/h1-10,19H. The number of thiazole rings is 1. The van der Waals surface area contributed by atoms with Crippen molar-refractivity contribution in [2.75, 3.05) is 0 Å². The SMILES string of the molecule is Oc1ccc(-c2csc(-c3cc4ccccc4s3)n2)cc1. The molecule has 0 aliphatic rings. The van der Waals surface area contributed by atoms with Crippen LogP contribution in [-0.4, -0.2) is 10.1 Å². The molecule has 4 rings (SSSR count). The highest BCUT2D eigenvalue weighted by atomic mass is 32.1. The van der Waals surface area contributed by atoms with Gasteiger partial charge in [-0.05, 0) is 41.8 Å². The average Bonchev–Trinajstić information content (AvgIpc) is 3.14. The third-order valence-corrected chi connectivity index (χ3v) is 5.43. The van der Waals surface area contributed by atoms with Gasteiger partial charge in [0.2, 0.25) is 0 Å². The van der Waals surface area contributed by atoms with E-state index in [9.17, 15) is 5.11 Å². The van der Waals surface area contributed by atoms with E-state index in [1.54, 1.807) is 34.8 Å². The van der Waals surface area contributed by atoms with Gasteiger partial charge in [0, 0.05) is 15.6 Å². The van der Waals surface area contributed by atoms with Gasteiger partial charge in [0.25, 0.3) is 0 Å². The molecule has 2 nitrogen and oxygen atoms in total. The molecule has 2 aromatic carbocycles. The van der Waals surface area contributed by atoms with Crippen LogP contribution in [0.2, 0.25) is 0 Å². The van der Waals surface area contributed by atoms with Gasteiger partial charge >= 0.3 is 0 Å². The molecule has 21 heavy (non-hydrogen) atoms. The number of fused-ring (bicyclic) bond motifs is 1. The lowest BCUT2D eigenvalue weighted by Gasteiger charge is -1.96. The maximum atomic E-state index is 9.35. The van der Waals surface area contributed by atoms with Gasteiger partial charge in [-0.1, -0.05) is 18.2 Å². The highest BCUT2D eigenvalue weighted by Crippen LogP contribution is 2.36. The Morgan fingerprint density at radius 3 is 2.57 bits per heavy atom. The van der Waals surface area contributed by atoms with Gasteiger partial charge in [0.05, 0.1) is 10.6 Å². The molecule has 0 aliphatic heterocycles. The van der Waals surface area contributed by atoms with E-state index in [-0.39, 0.29) is 5.75 Å². The number of benzene rings is 2. The molecule has 2 heterocycles. The highest BCUT2D eigenvalue weighted by molar-refractivity contribution is 7.25. The summed E-state index contributed by atoms with van der Waals surface area (Å²) in [4.78, 5) is 5.92. The zero-order valence-electron chi connectivity index (χ0n) is 11.0. The molecule has 102 valence electrons. The van der Waals surface area contributed by atoms with E-state index in [1.807, 2.05) is 12.1 Å². The summed E-state index contributed by atoms with van der Waals surface area (Å²) in [6.45, 7) is 0. The van der Waals surface area contributed by atoms with E-state index in [4.69, 9.17) is 4.98 Å². The van der Waals surface area contributed by atoms with Gasteiger partial charge in [-0.15, -0.1) is 22.7 Å². The van der Waals surface area contributed by atoms with Gasteiger partial charge in [-0.2, -0.15) is 0 Å². The Labute approximate surface area is 130 Å². The fourth-order valence-corrected chi connectivity index (χ4v) is 4.19. The first kappa shape index (κ1) is 12.6. The van der Waals surface area contributed by atoms with Crippen LogP contribution >= 0.6 is 22.7 Å². The minimum atomic E-state index is 0.277. The van der Waals surface area contributed by atoms with E-state index < -0.39 is 0 Å². The molecule has 0 radical (unpaired) electrons. The molecule has 0 fully saturated rings. The zero-order chi connectivity index (χ0) is 14.2. The third kappa shape index (κ3) is 2.33. The molecular weight excluding hydrogens is 298 g/mol. The van der Waals surface area contributed by atoms with Crippen molar-refractivity contribution in [3.63, 3.8) is 0 Å². The molecule has 0 spiro atoms. The largest absolute Gasteiger partial charge is 0.508 e. The first-order valence-electron chi connectivity index (χ1n) is 6.53. The lowest BCUT2D eigenvalue weighted by atomic mass is 10.2. The summed E-state index contributed by atoms with van der Waals surface area (Å²) in [7, 11) is 0. The minimum absolute atomic E-state index is 0.277. The Hall–Kier alpha value is -2.17. The third-order valence-electron chi connectivity index (χ3n) is 3.30. The van der Waals surface area contributed by atoms with Crippen LogP contribution in [0, 0.1) is 0 Å². The second-order valence-electron chi connectivity index (χ2n) is 4.73. The number of phenols is 1. The van der Waals surface area contributed by atoms with Gasteiger partial charge in [0.1, 0.15) is 10.8 Å². The van der Waals surface area contributed by atoms with E-state index in [0.29, 0.717) is 0 Å². The molecule has 0 amide bonds. The number of hydrogen-bond acceptors (Lipinski definition) is 4. The summed E-state index contributed by atoms with van der Waals surface area (Å²) in [5.74, 6) is 0.277. The highest BCUT2D eigenvalue weighted by Gasteiger charge is 2.09. The van der Waals surface area contributed by atoms with Crippen molar-refractivity contribution in [2.24, 2.45) is 0 Å². The van der Waals surface area contributed by atoms with Crippen molar-refractivity contribution in [2.45, 2.75) is 0 Å². The van der Waals surface area contributed by atoms with Crippen LogP contribution in [0.1, 0.15) is 0 Å². The van der Waals surface area contributed by atoms with E-state index in [1.165, 1.54) is 15.0 Å². The number of hydrogen-bond donors (Lipinski definition) is 1. The van der Waals surface area contributed by atoms with Crippen molar-refractivity contribution >= 4 is 32.8 Å². The summed E-state index contributed by atoms with van der Waals surface area (Å²) in [5.41, 5.74) is 1.98. The molecule has 0 bridgehead atoms. The van der Waals surface area contributed by atoms with Crippen LogP contribution in [0.5, 0.6) is 5.75 Å². The molecule has 0 aliphatic carbocycles. The van der Waals surface area contributed by atoms with Crippen LogP contribution in [0.25, 0.3) is 31.2 Å². The fraction of sp³-hybridized carbons (Fsp3) is 0. The second-order valence-corrected chi connectivity index (χ2v) is 6.68. The number of aromatic nitrogens is 1. The topological polar surface area (TPSA) is 33.1 Å². The van der Waals surface area contributed by atoms with Crippen molar-refractivity contribution < 1.29 is 5.11 Å². The molecule has 2 aromatic heterocycles. The smallest absolute Gasteiger partial charge is 0.134 e. The fourth-order valence-electron chi connectivity index (χ4n) is 2.24. The Morgan fingerprint density at radius 2 is 1.76 bits per heavy atom. The normalized spacial score (nSPS) is 11.0. The van der Waals surface area contributed by atoms with Gasteiger partial charge in [-0.3, -0.25) is 0 Å². The molecule has 0 saturated carbocycles. The number of phenolic OH excluding ortho intramolecular Hbond substituents is 1. The zero-order valence-corrected chi connectivity index (χ0v) is 12.6. The predicted octanol–water partition coefficient (Wildman–Crippen LogP) is 5.40. The maximum Gasteiger partial charge on any atom is 0.134 e. The lowest BCUT2D eigenvalue weighted by Crippen LogP contribution is -1.77. The molecule has 1 N–H and O–H groups in total. The molecule has 0 saturated heterocycles. The molecule has 4 heteroatoms. The van der Waals surface area contributed by atoms with Crippen LogP contribution < -0.4 is 0 Å². The Morgan fingerprint density at radius 1 is 0.952 bits per heavy atom. The predicted molar refractivity (Wildman–Crippen MR) is 90.0 cm³/mol. The van der Waals surface area contributed by atoms with Crippen molar-refractivity contribution in [3.8, 4) is 26.9 Å². The second kappa shape index (κ2) is 4.98. The van der Waals surface area contributed by atoms with E-state index >= 15 is 0 Å². The summed E-state index contributed by atoms with van der Waals surface area (Å²) in [6, 6.07) is 17.7. The molecule has 4 aromatic rings. The lowest BCUT2D eigenvalue weighted by molar-refractivity contribution is 0.475. The Balaban J connectivity index is 1.75. The Bertz CT molecular complexity index is 873. The van der Waals surface area contributed by atoms with E-state index in [0.717, 1.165) is 16.3 Å². The van der Waals surface area contributed by atoms with Crippen molar-refractivity contribution in [3.05, 3.63) is 60.0 Å². The Kier molecular flexibility index (Phi) is 2.98. The number of rotatable bonds is 2. The monoisotopic (exact) mass is 309 g/mol. The van der Waals surface area contributed by atoms with Gasteiger partial charge in [-0.25, -0.2) is 4.98 Å². The summed E-state index contributed by atoms with van der Waals surface area (Å²) in [6.07, 6.45) is 0. The van der Waals surface area contributed by atoms with E-state index in [2.05, 4.69) is 35.7 Å². The van der Waals surface area contributed by atoms with Gasteiger partial charge < -0.3 is 5.11 Å². The first-order valence-corrected chi connectivity index (χ1v) is 8.23. The van der Waals surface area contributed by atoms with Crippen LogP contribution in [0.3, 0.4) is 0 Å². The number of aromatic hydroxyl groups is 1. The molecular formula is C17H11NOS2. The quantitative estimate of drug-likeness (QED) is 0.538. The van der Waals surface area contributed by atoms with Crippen LogP contribution in [0.15, 0.2) is 60.0 Å². The van der Waals surface area contributed by atoms with Crippen LogP contribution in [0.4, 0.5) is 0 Å². The average molecular weight is 309 g/mol.